The second-order valence-corrected chi connectivity index (χ2v) is 5.84. The summed E-state index contributed by atoms with van der Waals surface area (Å²) in [5, 5.41) is 15.7. The number of furan rings is 1. The van der Waals surface area contributed by atoms with Crippen LogP contribution >= 0.6 is 0 Å². The topological polar surface area (TPSA) is 111 Å². The summed E-state index contributed by atoms with van der Waals surface area (Å²) in [4.78, 5) is 35.0. The Labute approximate surface area is 157 Å². The zero-order chi connectivity index (χ0) is 19.5. The Morgan fingerprint density at radius 3 is 2.44 bits per heavy atom. The van der Waals surface area contributed by atoms with E-state index in [1.54, 1.807) is 12.1 Å². The first kappa shape index (κ1) is 20.0. The minimum atomic E-state index is -1.08. The minimum absolute atomic E-state index is 0.00626. The Balaban J connectivity index is 1.96. The molecule has 7 nitrogen and oxygen atoms in total. The number of rotatable bonds is 10. The smallest absolute Gasteiger partial charge is 0.291 e. The number of unbranched alkanes of at least 4 members (excludes halogenated alkanes) is 2. The minimum Gasteiger partial charge on any atom is -0.550 e. The molecule has 0 unspecified atom stereocenters. The molecule has 0 spiro atoms. The Kier molecular flexibility index (Phi) is 7.84. The van der Waals surface area contributed by atoms with Crippen molar-refractivity contribution in [1.82, 2.24) is 10.6 Å². The molecule has 142 valence electrons. The fourth-order valence-electron chi connectivity index (χ4n) is 2.33. The Morgan fingerprint density at radius 1 is 1.00 bits per heavy atom. The highest BCUT2D eigenvalue weighted by Gasteiger charge is 2.15. The van der Waals surface area contributed by atoms with Crippen LogP contribution in [0, 0.1) is 0 Å². The maximum Gasteiger partial charge on any atom is 0.291 e. The van der Waals surface area contributed by atoms with Gasteiger partial charge in [0.25, 0.3) is 11.8 Å². The van der Waals surface area contributed by atoms with E-state index in [1.165, 1.54) is 12.3 Å². The number of carbonyl (C=O) groups is 3. The van der Waals surface area contributed by atoms with Gasteiger partial charge in [-0.25, -0.2) is 0 Å². The van der Waals surface area contributed by atoms with Crippen LogP contribution in [-0.4, -0.2) is 24.3 Å². The average molecular weight is 369 g/mol. The van der Waals surface area contributed by atoms with E-state index >= 15 is 0 Å². The molecule has 0 atom stereocenters. The van der Waals surface area contributed by atoms with Gasteiger partial charge in [-0.3, -0.25) is 9.59 Å². The number of hydrogen-bond donors (Lipinski definition) is 2. The molecule has 1 aromatic carbocycles. The first-order chi connectivity index (χ1) is 13.1. The lowest BCUT2D eigenvalue weighted by atomic mass is 10.1. The molecular formula is C20H21N2O5-. The zero-order valence-electron chi connectivity index (χ0n) is 14.8. The van der Waals surface area contributed by atoms with E-state index in [0.29, 0.717) is 25.8 Å². The van der Waals surface area contributed by atoms with Crippen molar-refractivity contribution in [2.45, 2.75) is 25.7 Å². The van der Waals surface area contributed by atoms with Crippen LogP contribution < -0.4 is 15.7 Å². The number of amides is 2. The van der Waals surface area contributed by atoms with E-state index in [9.17, 15) is 19.5 Å². The molecule has 1 aromatic heterocycles. The highest BCUT2D eigenvalue weighted by atomic mass is 16.4. The van der Waals surface area contributed by atoms with Gasteiger partial charge in [0.2, 0.25) is 0 Å². The number of benzene rings is 1. The van der Waals surface area contributed by atoms with Gasteiger partial charge in [0, 0.05) is 12.5 Å². The van der Waals surface area contributed by atoms with Crippen LogP contribution in [0.5, 0.6) is 0 Å². The summed E-state index contributed by atoms with van der Waals surface area (Å²) in [5.41, 5.74) is 0.855. The molecule has 1 heterocycles. The summed E-state index contributed by atoms with van der Waals surface area (Å²) in [5.74, 6) is -1.93. The molecule has 0 saturated heterocycles. The first-order valence-corrected chi connectivity index (χ1v) is 8.66. The van der Waals surface area contributed by atoms with Crippen molar-refractivity contribution in [2.24, 2.45) is 0 Å². The zero-order valence-corrected chi connectivity index (χ0v) is 14.8. The van der Waals surface area contributed by atoms with Crippen LogP contribution in [0.25, 0.3) is 6.08 Å². The predicted octanol–water partition coefficient (Wildman–Crippen LogP) is 1.48. The van der Waals surface area contributed by atoms with Crippen molar-refractivity contribution >= 4 is 23.9 Å². The van der Waals surface area contributed by atoms with Gasteiger partial charge in [-0.2, -0.15) is 0 Å². The lowest BCUT2D eigenvalue weighted by Gasteiger charge is -2.10. The van der Waals surface area contributed by atoms with Crippen LogP contribution in [0.15, 0.2) is 58.8 Å². The van der Waals surface area contributed by atoms with Crippen molar-refractivity contribution < 1.29 is 23.9 Å². The van der Waals surface area contributed by atoms with Gasteiger partial charge in [0.1, 0.15) is 5.70 Å². The maximum absolute atomic E-state index is 12.5. The molecule has 27 heavy (non-hydrogen) atoms. The molecule has 0 fully saturated rings. The van der Waals surface area contributed by atoms with Gasteiger partial charge >= 0.3 is 0 Å². The lowest BCUT2D eigenvalue weighted by Crippen LogP contribution is -2.35. The SMILES string of the molecule is O=C([O-])CCCCCNC(=O)/C(=C\c1ccccc1)NC(=O)c1ccco1. The normalized spacial score (nSPS) is 11.0. The van der Waals surface area contributed by atoms with Crippen molar-refractivity contribution in [1.29, 1.82) is 0 Å². The molecule has 2 amide bonds. The van der Waals surface area contributed by atoms with Gasteiger partial charge in [-0.15, -0.1) is 0 Å². The molecule has 2 rings (SSSR count). The molecular weight excluding hydrogens is 348 g/mol. The number of nitrogens with one attached hydrogen (secondary N) is 2. The van der Waals surface area contributed by atoms with Crippen LogP contribution in [0.4, 0.5) is 0 Å². The van der Waals surface area contributed by atoms with E-state index in [1.807, 2.05) is 30.3 Å². The van der Waals surface area contributed by atoms with E-state index in [2.05, 4.69) is 10.6 Å². The Bertz CT molecular complexity index is 782. The van der Waals surface area contributed by atoms with Gasteiger partial charge in [-0.1, -0.05) is 36.8 Å². The fraction of sp³-hybridized carbons (Fsp3) is 0.250. The molecule has 0 aliphatic carbocycles. The van der Waals surface area contributed by atoms with Crippen LogP contribution in [0.3, 0.4) is 0 Å². The van der Waals surface area contributed by atoms with Gasteiger partial charge in [0.15, 0.2) is 5.76 Å². The summed E-state index contributed by atoms with van der Waals surface area (Å²) < 4.78 is 5.05. The van der Waals surface area contributed by atoms with Crippen molar-refractivity contribution in [3.8, 4) is 0 Å². The second-order valence-electron chi connectivity index (χ2n) is 5.84. The third-order valence-corrected chi connectivity index (χ3v) is 3.69. The number of carbonyl (C=O) groups excluding carboxylic acids is 3. The quantitative estimate of drug-likeness (QED) is 0.487. The molecule has 2 N–H and O–H groups in total. The van der Waals surface area contributed by atoms with Crippen molar-refractivity contribution in [3.63, 3.8) is 0 Å². The molecule has 0 aliphatic heterocycles. The van der Waals surface area contributed by atoms with Crippen molar-refractivity contribution in [3.05, 3.63) is 65.7 Å². The predicted molar refractivity (Wildman–Crippen MR) is 97.1 cm³/mol. The molecule has 7 heteroatoms. The third-order valence-electron chi connectivity index (χ3n) is 3.69. The fourth-order valence-corrected chi connectivity index (χ4v) is 2.33. The van der Waals surface area contributed by atoms with Crippen molar-refractivity contribution in [2.75, 3.05) is 6.54 Å². The lowest BCUT2D eigenvalue weighted by molar-refractivity contribution is -0.305. The van der Waals surface area contributed by atoms with E-state index < -0.39 is 17.8 Å². The van der Waals surface area contributed by atoms with Crippen LogP contribution in [-0.2, 0) is 9.59 Å². The van der Waals surface area contributed by atoms with E-state index in [-0.39, 0.29) is 17.9 Å². The second kappa shape index (κ2) is 10.6. The highest BCUT2D eigenvalue weighted by Crippen LogP contribution is 2.07. The summed E-state index contributed by atoms with van der Waals surface area (Å²) >= 11 is 0. The monoisotopic (exact) mass is 369 g/mol. The van der Waals surface area contributed by atoms with Gasteiger partial charge in [-0.05, 0) is 43.0 Å². The summed E-state index contributed by atoms with van der Waals surface area (Å²) in [6, 6.07) is 12.2. The van der Waals surface area contributed by atoms with Gasteiger partial charge in [0.05, 0.1) is 6.26 Å². The van der Waals surface area contributed by atoms with Crippen LogP contribution in [0.1, 0.15) is 41.8 Å². The standard InChI is InChI=1S/C20H22N2O5/c23-18(24)11-5-2-6-12-21-19(25)16(14-15-8-3-1-4-9-15)22-20(26)17-10-7-13-27-17/h1,3-4,7-10,13-14H,2,5-6,11-12H2,(H,21,25)(H,22,26)(H,23,24)/p-1/b16-14+. The largest absolute Gasteiger partial charge is 0.550 e. The number of aliphatic carboxylic acids is 1. The number of carboxylic acids is 1. The van der Waals surface area contributed by atoms with E-state index in [4.69, 9.17) is 4.42 Å². The third kappa shape index (κ3) is 7.19. The Morgan fingerprint density at radius 2 is 1.78 bits per heavy atom. The summed E-state index contributed by atoms with van der Waals surface area (Å²) in [6.07, 6.45) is 4.75. The molecule has 0 radical (unpaired) electrons. The number of hydrogen-bond acceptors (Lipinski definition) is 5. The van der Waals surface area contributed by atoms with Crippen LogP contribution in [0.2, 0.25) is 0 Å². The first-order valence-electron chi connectivity index (χ1n) is 8.66. The number of carboxylic acid groups (broad SMARTS) is 1. The molecule has 2 aromatic rings. The summed E-state index contributed by atoms with van der Waals surface area (Å²) in [6.45, 7) is 0.370. The molecule has 0 saturated carbocycles. The molecule has 0 bridgehead atoms. The maximum atomic E-state index is 12.5. The molecule has 0 aliphatic rings. The Hall–Kier alpha value is -3.35. The average Bonchev–Trinajstić information content (AvgIpc) is 3.19. The van der Waals surface area contributed by atoms with E-state index in [0.717, 1.165) is 5.56 Å². The highest BCUT2D eigenvalue weighted by molar-refractivity contribution is 6.04. The summed E-state index contributed by atoms with van der Waals surface area (Å²) in [7, 11) is 0. The van der Waals surface area contributed by atoms with Gasteiger partial charge < -0.3 is 25.0 Å².